The second kappa shape index (κ2) is 13.2. The molecule has 0 bridgehead atoms. The number of rotatable bonds is 9. The van der Waals surface area contributed by atoms with E-state index in [0.29, 0.717) is 42.6 Å². The maximum atomic E-state index is 12.5. The van der Waals surface area contributed by atoms with Crippen LogP contribution in [0.15, 0.2) is 91.0 Å². The Hall–Kier alpha value is -5.22. The van der Waals surface area contributed by atoms with Gasteiger partial charge in [0.2, 0.25) is 5.91 Å². The van der Waals surface area contributed by atoms with E-state index in [1.165, 1.54) is 0 Å². The van der Waals surface area contributed by atoms with Crippen molar-refractivity contribution in [1.29, 1.82) is 0 Å². The molecule has 1 aromatic heterocycles. The molecule has 10 heteroatoms. The van der Waals surface area contributed by atoms with Crippen molar-refractivity contribution in [3.63, 3.8) is 0 Å². The summed E-state index contributed by atoms with van der Waals surface area (Å²) in [5, 5.41) is 2.42. The van der Waals surface area contributed by atoms with E-state index in [1.807, 2.05) is 84.9 Å². The first-order chi connectivity index (χ1) is 21.9. The average Bonchev–Trinajstić information content (AvgIpc) is 3.06. The topological polar surface area (TPSA) is 121 Å². The molecule has 2 fully saturated rings. The van der Waals surface area contributed by atoms with Crippen LogP contribution in [0.1, 0.15) is 35.2 Å². The van der Waals surface area contributed by atoms with Crippen LogP contribution in [0.3, 0.4) is 0 Å². The van der Waals surface area contributed by atoms with Crippen LogP contribution < -0.4 is 25.6 Å². The molecule has 10 nitrogen and oxygen atoms in total. The third-order valence-electron chi connectivity index (χ3n) is 8.42. The van der Waals surface area contributed by atoms with Gasteiger partial charge < -0.3 is 15.4 Å². The summed E-state index contributed by atoms with van der Waals surface area (Å²) in [4.78, 5) is 47.6. The summed E-state index contributed by atoms with van der Waals surface area (Å²) in [6.45, 7) is 2.66. The van der Waals surface area contributed by atoms with Crippen molar-refractivity contribution in [2.75, 3.05) is 36.5 Å². The lowest BCUT2D eigenvalue weighted by atomic mass is 10.0. The molecule has 4 aromatic rings. The van der Waals surface area contributed by atoms with Gasteiger partial charge in [-0.1, -0.05) is 36.4 Å². The van der Waals surface area contributed by atoms with Crippen molar-refractivity contribution in [1.82, 2.24) is 15.2 Å². The monoisotopic (exact) mass is 604 g/mol. The van der Waals surface area contributed by atoms with E-state index in [0.717, 1.165) is 54.3 Å². The number of para-hydroxylation sites is 2. The summed E-state index contributed by atoms with van der Waals surface area (Å²) >= 11 is 0. The van der Waals surface area contributed by atoms with E-state index in [1.54, 1.807) is 11.0 Å². The van der Waals surface area contributed by atoms with Gasteiger partial charge in [0.15, 0.2) is 0 Å². The Morgan fingerprint density at radius 2 is 1.60 bits per heavy atom. The molecular weight excluding hydrogens is 568 g/mol. The van der Waals surface area contributed by atoms with Crippen LogP contribution in [0.5, 0.6) is 11.5 Å². The quantitative estimate of drug-likeness (QED) is 0.270. The number of hydrogen-bond donors (Lipinski definition) is 2. The van der Waals surface area contributed by atoms with Gasteiger partial charge in [0.1, 0.15) is 17.3 Å². The summed E-state index contributed by atoms with van der Waals surface area (Å²) < 4.78 is 5.92. The maximum Gasteiger partial charge on any atom is 0.328 e. The number of carbonyl (C=O) groups excluding carboxylic acids is 3. The van der Waals surface area contributed by atoms with Crippen LogP contribution in [0.4, 0.5) is 16.3 Å². The van der Waals surface area contributed by atoms with Gasteiger partial charge in [-0.15, -0.1) is 0 Å². The number of carbonyl (C=O) groups is 3. The number of pyridine rings is 1. The van der Waals surface area contributed by atoms with E-state index in [-0.39, 0.29) is 11.9 Å². The predicted molar refractivity (Wildman–Crippen MR) is 173 cm³/mol. The molecule has 0 unspecified atom stereocenters. The molecule has 3 heterocycles. The highest BCUT2D eigenvalue weighted by atomic mass is 16.5. The SMILES string of the molecule is CN(Cc1ccccc1N1CCC(=O)NC1=O)C1CCN(c2ccc(C(N)=O)c(-c3ccc(Oc4ccccc4)cc3)n2)CC1. The Morgan fingerprint density at radius 1 is 0.911 bits per heavy atom. The second-order valence-electron chi connectivity index (χ2n) is 11.4. The van der Waals surface area contributed by atoms with Gasteiger partial charge >= 0.3 is 6.03 Å². The first-order valence-electron chi connectivity index (χ1n) is 15.1. The van der Waals surface area contributed by atoms with Gasteiger partial charge in [-0.2, -0.15) is 0 Å². The highest BCUT2D eigenvalue weighted by molar-refractivity contribution is 6.06. The molecule has 4 amide bonds. The number of nitrogens with zero attached hydrogens (tertiary/aromatic N) is 4. The smallest absolute Gasteiger partial charge is 0.328 e. The van der Waals surface area contributed by atoms with Crippen LogP contribution in [0.2, 0.25) is 0 Å². The van der Waals surface area contributed by atoms with Crippen molar-refractivity contribution >= 4 is 29.4 Å². The van der Waals surface area contributed by atoms with Crippen molar-refractivity contribution in [2.24, 2.45) is 5.73 Å². The molecule has 2 aliphatic rings. The average molecular weight is 605 g/mol. The van der Waals surface area contributed by atoms with Crippen LogP contribution in [-0.4, -0.2) is 60.5 Å². The third kappa shape index (κ3) is 6.81. The highest BCUT2D eigenvalue weighted by Gasteiger charge is 2.28. The lowest BCUT2D eigenvalue weighted by Gasteiger charge is -2.38. The van der Waals surface area contributed by atoms with Gasteiger partial charge in [-0.25, -0.2) is 9.78 Å². The summed E-state index contributed by atoms with van der Waals surface area (Å²) in [5.41, 5.74) is 9.31. The summed E-state index contributed by atoms with van der Waals surface area (Å²) in [6, 6.07) is 28.5. The minimum absolute atomic E-state index is 0.241. The Morgan fingerprint density at radius 3 is 2.31 bits per heavy atom. The minimum atomic E-state index is -0.525. The molecule has 6 rings (SSSR count). The molecule has 0 aliphatic carbocycles. The molecule has 2 aliphatic heterocycles. The Labute approximate surface area is 262 Å². The summed E-state index contributed by atoms with van der Waals surface area (Å²) in [5.74, 6) is 1.47. The molecule has 45 heavy (non-hydrogen) atoms. The fraction of sp³-hybridized carbons (Fsp3) is 0.257. The zero-order valence-electron chi connectivity index (χ0n) is 25.2. The molecule has 0 spiro atoms. The molecule has 3 N–H and O–H groups in total. The second-order valence-corrected chi connectivity index (χ2v) is 11.4. The van der Waals surface area contributed by atoms with Crippen LogP contribution in [0, 0.1) is 0 Å². The number of piperidine rings is 1. The largest absolute Gasteiger partial charge is 0.457 e. The van der Waals surface area contributed by atoms with Gasteiger partial charge in [0, 0.05) is 49.9 Å². The molecule has 0 radical (unpaired) electrons. The zero-order chi connectivity index (χ0) is 31.3. The van der Waals surface area contributed by atoms with Crippen molar-refractivity contribution in [2.45, 2.75) is 31.8 Å². The number of hydrogen-bond acceptors (Lipinski definition) is 7. The zero-order valence-corrected chi connectivity index (χ0v) is 25.2. The fourth-order valence-corrected chi connectivity index (χ4v) is 5.98. The normalized spacial score (nSPS) is 15.7. The molecule has 230 valence electrons. The van der Waals surface area contributed by atoms with E-state index in [9.17, 15) is 14.4 Å². The fourth-order valence-electron chi connectivity index (χ4n) is 5.98. The number of primary amides is 1. The molecule has 0 atom stereocenters. The Kier molecular flexibility index (Phi) is 8.74. The van der Waals surface area contributed by atoms with Crippen molar-refractivity contribution in [3.05, 3.63) is 102 Å². The van der Waals surface area contributed by atoms with Gasteiger partial charge in [0.25, 0.3) is 5.91 Å². The number of benzene rings is 3. The van der Waals surface area contributed by atoms with Gasteiger partial charge in [-0.3, -0.25) is 24.7 Å². The van der Waals surface area contributed by atoms with E-state index in [2.05, 4.69) is 22.2 Å². The molecule has 0 saturated carbocycles. The first-order valence-corrected chi connectivity index (χ1v) is 15.1. The number of urea groups is 1. The number of ether oxygens (including phenoxy) is 1. The standard InChI is InChI=1S/C35H36N6O4/c1-39(23-25-7-5-6-10-30(25)41-22-19-32(42)38-35(41)44)26-17-20-40(21-18-26)31-16-15-29(34(36)43)33(37-31)24-11-13-28(14-12-24)45-27-8-3-2-4-9-27/h2-16,26H,17-23H2,1H3,(H2,36,43)(H,38,42,44). The van der Waals surface area contributed by atoms with Gasteiger partial charge in [0.05, 0.1) is 11.3 Å². The van der Waals surface area contributed by atoms with Crippen molar-refractivity contribution < 1.29 is 19.1 Å². The van der Waals surface area contributed by atoms with Crippen LogP contribution in [-0.2, 0) is 11.3 Å². The van der Waals surface area contributed by atoms with Crippen molar-refractivity contribution in [3.8, 4) is 22.8 Å². The van der Waals surface area contributed by atoms with Crippen LogP contribution >= 0.6 is 0 Å². The number of aromatic nitrogens is 1. The van der Waals surface area contributed by atoms with E-state index in [4.69, 9.17) is 15.5 Å². The lowest BCUT2D eigenvalue weighted by Crippen LogP contribution is -2.50. The van der Waals surface area contributed by atoms with Gasteiger partial charge in [-0.05, 0) is 80.1 Å². The minimum Gasteiger partial charge on any atom is -0.457 e. The van der Waals surface area contributed by atoms with E-state index >= 15 is 0 Å². The number of nitrogens with one attached hydrogen (secondary N) is 1. The number of anilines is 2. The number of amides is 4. The van der Waals surface area contributed by atoms with E-state index < -0.39 is 5.91 Å². The Balaban J connectivity index is 1.12. The van der Waals surface area contributed by atoms with Crippen LogP contribution in [0.25, 0.3) is 11.3 Å². The lowest BCUT2D eigenvalue weighted by molar-refractivity contribution is -0.120. The Bertz CT molecular complexity index is 1690. The highest BCUT2D eigenvalue weighted by Crippen LogP contribution is 2.31. The predicted octanol–water partition coefficient (Wildman–Crippen LogP) is 5.19. The number of imide groups is 1. The third-order valence-corrected chi connectivity index (χ3v) is 8.42. The summed E-state index contributed by atoms with van der Waals surface area (Å²) in [6.07, 6.45) is 2.15. The molecule has 3 aromatic carbocycles. The molecular formula is C35H36N6O4. The number of nitrogens with two attached hydrogens (primary N) is 1. The summed E-state index contributed by atoms with van der Waals surface area (Å²) in [7, 11) is 2.11. The molecule has 2 saturated heterocycles. The maximum absolute atomic E-state index is 12.5. The first kappa shape index (κ1) is 29.8.